The molecule has 1 aromatic rings. The Hall–Kier alpha value is -0.760. The summed E-state index contributed by atoms with van der Waals surface area (Å²) in [5, 5.41) is 0. The fraction of sp³-hybridized carbons (Fsp3) is 0.571. The standard InChI is InChI=1S/C14H22N2O3S2/c1-11-12(5-6-19-11)10-16-21(17,18)8-7-20-14-4-2-3-13(15)9-14/h2-4,9,11-12,16H,5-8,10,15H2,1H3. The molecule has 0 bridgehead atoms. The van der Waals surface area contributed by atoms with Crippen molar-refractivity contribution in [2.45, 2.75) is 24.3 Å². The molecule has 2 atom stereocenters. The summed E-state index contributed by atoms with van der Waals surface area (Å²) >= 11 is 1.50. The Labute approximate surface area is 130 Å². The molecule has 0 aliphatic carbocycles. The predicted octanol–water partition coefficient (Wildman–Crippen LogP) is 1.71. The van der Waals surface area contributed by atoms with Gasteiger partial charge in [-0.05, 0) is 31.5 Å². The molecule has 21 heavy (non-hydrogen) atoms. The first-order chi connectivity index (χ1) is 9.96. The minimum atomic E-state index is -3.23. The summed E-state index contributed by atoms with van der Waals surface area (Å²) in [6.45, 7) is 3.17. The van der Waals surface area contributed by atoms with Gasteiger partial charge in [-0.1, -0.05) is 6.07 Å². The third kappa shape index (κ3) is 5.50. The maximum Gasteiger partial charge on any atom is 0.212 e. The zero-order chi connectivity index (χ0) is 15.3. The van der Waals surface area contributed by atoms with Crippen molar-refractivity contribution in [1.29, 1.82) is 0 Å². The van der Waals surface area contributed by atoms with Gasteiger partial charge in [-0.15, -0.1) is 11.8 Å². The van der Waals surface area contributed by atoms with Crippen LogP contribution in [0.5, 0.6) is 0 Å². The summed E-state index contributed by atoms with van der Waals surface area (Å²) in [5.74, 6) is 0.894. The van der Waals surface area contributed by atoms with E-state index in [9.17, 15) is 8.42 Å². The van der Waals surface area contributed by atoms with Crippen LogP contribution in [0.1, 0.15) is 13.3 Å². The molecule has 2 rings (SSSR count). The van der Waals surface area contributed by atoms with Gasteiger partial charge in [0.25, 0.3) is 0 Å². The van der Waals surface area contributed by atoms with Gasteiger partial charge < -0.3 is 10.5 Å². The molecule has 3 N–H and O–H groups in total. The molecule has 1 fully saturated rings. The summed E-state index contributed by atoms with van der Waals surface area (Å²) in [5.41, 5.74) is 6.38. The molecule has 1 aromatic carbocycles. The van der Waals surface area contributed by atoms with E-state index in [4.69, 9.17) is 10.5 Å². The first-order valence-corrected chi connectivity index (χ1v) is 9.67. The van der Waals surface area contributed by atoms with Crippen molar-refractivity contribution in [3.63, 3.8) is 0 Å². The Morgan fingerprint density at radius 2 is 2.29 bits per heavy atom. The van der Waals surface area contributed by atoms with Crippen molar-refractivity contribution in [3.8, 4) is 0 Å². The monoisotopic (exact) mass is 330 g/mol. The van der Waals surface area contributed by atoms with E-state index < -0.39 is 10.0 Å². The summed E-state index contributed by atoms with van der Waals surface area (Å²) in [7, 11) is -3.23. The lowest BCUT2D eigenvalue weighted by Gasteiger charge is -2.14. The van der Waals surface area contributed by atoms with Gasteiger partial charge in [0.05, 0.1) is 11.9 Å². The Bertz CT molecular complexity index is 563. The van der Waals surface area contributed by atoms with E-state index in [0.29, 0.717) is 18.0 Å². The molecule has 0 radical (unpaired) electrons. The van der Waals surface area contributed by atoms with Crippen LogP contribution in [0.25, 0.3) is 0 Å². The van der Waals surface area contributed by atoms with E-state index in [-0.39, 0.29) is 17.8 Å². The fourth-order valence-corrected chi connectivity index (χ4v) is 4.68. The zero-order valence-electron chi connectivity index (χ0n) is 12.1. The summed E-state index contributed by atoms with van der Waals surface area (Å²) in [6.07, 6.45) is 1.05. The summed E-state index contributed by atoms with van der Waals surface area (Å²) in [6, 6.07) is 7.46. The van der Waals surface area contributed by atoms with Gasteiger partial charge in [0.15, 0.2) is 0 Å². The van der Waals surface area contributed by atoms with Gasteiger partial charge >= 0.3 is 0 Å². The number of nitrogens with one attached hydrogen (secondary N) is 1. The number of nitrogen functional groups attached to an aromatic ring is 1. The van der Waals surface area contributed by atoms with Crippen LogP contribution in [-0.4, -0.2) is 39.2 Å². The van der Waals surface area contributed by atoms with Crippen LogP contribution in [-0.2, 0) is 14.8 Å². The molecule has 1 aliphatic heterocycles. The van der Waals surface area contributed by atoms with Crippen LogP contribution in [0.4, 0.5) is 5.69 Å². The second kappa shape index (κ2) is 7.49. The van der Waals surface area contributed by atoms with E-state index in [1.165, 1.54) is 11.8 Å². The Morgan fingerprint density at radius 1 is 1.48 bits per heavy atom. The third-order valence-corrected chi connectivity index (χ3v) is 6.18. The van der Waals surface area contributed by atoms with E-state index in [2.05, 4.69) is 4.72 Å². The average molecular weight is 330 g/mol. The fourth-order valence-electron chi connectivity index (χ4n) is 2.22. The number of anilines is 1. The number of hydrogen-bond donors (Lipinski definition) is 2. The van der Waals surface area contributed by atoms with Crippen molar-refractivity contribution in [3.05, 3.63) is 24.3 Å². The highest BCUT2D eigenvalue weighted by Gasteiger charge is 2.25. The number of hydrogen-bond acceptors (Lipinski definition) is 5. The van der Waals surface area contributed by atoms with Crippen LogP contribution >= 0.6 is 11.8 Å². The Morgan fingerprint density at radius 3 is 2.95 bits per heavy atom. The molecule has 0 spiro atoms. The van der Waals surface area contributed by atoms with E-state index >= 15 is 0 Å². The average Bonchev–Trinajstić information content (AvgIpc) is 2.82. The number of ether oxygens (including phenoxy) is 1. The Kier molecular flexibility index (Phi) is 5.92. The van der Waals surface area contributed by atoms with E-state index in [1.807, 2.05) is 31.2 Å². The molecule has 118 valence electrons. The second-order valence-corrected chi connectivity index (χ2v) is 8.31. The molecule has 1 heterocycles. The highest BCUT2D eigenvalue weighted by molar-refractivity contribution is 8.00. The third-order valence-electron chi connectivity index (χ3n) is 3.58. The topological polar surface area (TPSA) is 81.4 Å². The number of nitrogens with two attached hydrogens (primary N) is 1. The van der Waals surface area contributed by atoms with Gasteiger partial charge in [-0.25, -0.2) is 13.1 Å². The second-order valence-electron chi connectivity index (χ2n) is 5.21. The summed E-state index contributed by atoms with van der Waals surface area (Å²) < 4.78 is 32.0. The molecular formula is C14H22N2O3S2. The SMILES string of the molecule is CC1OCCC1CNS(=O)(=O)CCSc1cccc(N)c1. The lowest BCUT2D eigenvalue weighted by molar-refractivity contribution is 0.107. The number of benzene rings is 1. The van der Waals surface area contributed by atoms with Crippen molar-refractivity contribution in [2.24, 2.45) is 5.92 Å². The molecular weight excluding hydrogens is 308 g/mol. The van der Waals surface area contributed by atoms with Gasteiger partial charge in [0.2, 0.25) is 10.0 Å². The van der Waals surface area contributed by atoms with Gasteiger partial charge in [0.1, 0.15) is 0 Å². The maximum absolute atomic E-state index is 12.0. The molecule has 7 heteroatoms. The van der Waals surface area contributed by atoms with Crippen LogP contribution in [0.3, 0.4) is 0 Å². The smallest absolute Gasteiger partial charge is 0.212 e. The van der Waals surface area contributed by atoms with Crippen molar-refractivity contribution >= 4 is 27.5 Å². The predicted molar refractivity (Wildman–Crippen MR) is 86.9 cm³/mol. The normalized spacial score (nSPS) is 22.5. The summed E-state index contributed by atoms with van der Waals surface area (Å²) in [4.78, 5) is 0.989. The molecule has 1 aliphatic rings. The molecule has 2 unspecified atom stereocenters. The van der Waals surface area contributed by atoms with Crippen molar-refractivity contribution < 1.29 is 13.2 Å². The lowest BCUT2D eigenvalue weighted by atomic mass is 10.0. The van der Waals surface area contributed by atoms with E-state index in [1.54, 1.807) is 0 Å². The quantitative estimate of drug-likeness (QED) is 0.587. The van der Waals surface area contributed by atoms with E-state index in [0.717, 1.165) is 17.9 Å². The van der Waals surface area contributed by atoms with Gasteiger partial charge in [0, 0.05) is 35.4 Å². The number of sulfonamides is 1. The molecule has 0 aromatic heterocycles. The Balaban J connectivity index is 1.73. The maximum atomic E-state index is 12.0. The van der Waals surface area contributed by atoms with Crippen LogP contribution in [0.2, 0.25) is 0 Å². The highest BCUT2D eigenvalue weighted by atomic mass is 32.2. The largest absolute Gasteiger partial charge is 0.399 e. The van der Waals surface area contributed by atoms with Gasteiger partial charge in [-0.3, -0.25) is 0 Å². The first-order valence-electron chi connectivity index (χ1n) is 7.03. The number of rotatable bonds is 7. The van der Waals surface area contributed by atoms with Crippen molar-refractivity contribution in [1.82, 2.24) is 4.72 Å². The molecule has 5 nitrogen and oxygen atoms in total. The van der Waals surface area contributed by atoms with Crippen LogP contribution in [0.15, 0.2) is 29.2 Å². The number of thioether (sulfide) groups is 1. The molecule has 1 saturated heterocycles. The van der Waals surface area contributed by atoms with Crippen LogP contribution in [0, 0.1) is 5.92 Å². The van der Waals surface area contributed by atoms with Crippen LogP contribution < -0.4 is 10.5 Å². The first kappa shape index (κ1) is 16.6. The zero-order valence-corrected chi connectivity index (χ0v) is 13.8. The molecule has 0 amide bonds. The van der Waals surface area contributed by atoms with Gasteiger partial charge in [-0.2, -0.15) is 0 Å². The lowest BCUT2D eigenvalue weighted by Crippen LogP contribution is -2.34. The highest BCUT2D eigenvalue weighted by Crippen LogP contribution is 2.21. The minimum absolute atomic E-state index is 0.106. The van der Waals surface area contributed by atoms with Crippen molar-refractivity contribution in [2.75, 3.05) is 30.4 Å². The molecule has 0 saturated carbocycles. The minimum Gasteiger partial charge on any atom is -0.399 e.